The van der Waals surface area contributed by atoms with E-state index in [4.69, 9.17) is 4.74 Å². The Kier molecular flexibility index (Phi) is 8.07. The topological polar surface area (TPSA) is 95.9 Å². The van der Waals surface area contributed by atoms with Crippen LogP contribution in [0.3, 0.4) is 0 Å². The van der Waals surface area contributed by atoms with E-state index in [0.29, 0.717) is 19.4 Å². The Labute approximate surface area is 161 Å². The number of nitrogens with one attached hydrogen (secondary N) is 1. The van der Waals surface area contributed by atoms with Crippen LogP contribution in [0.4, 0.5) is 0 Å². The highest BCUT2D eigenvalue weighted by Gasteiger charge is 2.48. The van der Waals surface area contributed by atoms with Crippen molar-refractivity contribution in [1.29, 1.82) is 0 Å². The fraction of sp³-hybridized carbons (Fsp3) is 0.850. The highest BCUT2D eigenvalue weighted by atomic mass is 16.5. The Morgan fingerprint density at radius 3 is 2.56 bits per heavy atom. The molecule has 27 heavy (non-hydrogen) atoms. The minimum atomic E-state index is -0.933. The summed E-state index contributed by atoms with van der Waals surface area (Å²) in [7, 11) is 0. The van der Waals surface area contributed by atoms with Gasteiger partial charge in [0.15, 0.2) is 0 Å². The Bertz CT molecular complexity index is 538. The molecule has 5 atom stereocenters. The van der Waals surface area contributed by atoms with Crippen LogP contribution in [0.5, 0.6) is 0 Å². The van der Waals surface area contributed by atoms with Crippen LogP contribution in [-0.2, 0) is 19.1 Å². The van der Waals surface area contributed by atoms with E-state index in [1.54, 1.807) is 18.7 Å². The van der Waals surface area contributed by atoms with E-state index in [1.165, 1.54) is 0 Å². The van der Waals surface area contributed by atoms with Crippen LogP contribution in [-0.4, -0.2) is 58.6 Å². The molecule has 0 aromatic heterocycles. The van der Waals surface area contributed by atoms with Gasteiger partial charge in [-0.05, 0) is 45.4 Å². The van der Waals surface area contributed by atoms with Crippen molar-refractivity contribution in [2.24, 2.45) is 5.92 Å². The molecule has 0 bridgehead atoms. The monoisotopic (exact) mass is 382 g/mol. The smallest absolute Gasteiger partial charge is 0.326 e. The first-order chi connectivity index (χ1) is 12.9. The van der Waals surface area contributed by atoms with Crippen molar-refractivity contribution in [3.8, 4) is 0 Å². The normalized spacial score (nSPS) is 26.9. The maximum Gasteiger partial charge on any atom is 0.326 e. The highest BCUT2D eigenvalue weighted by Crippen LogP contribution is 2.40. The molecule has 2 aliphatic rings. The number of amides is 1. The number of likely N-dealkylation sites (tertiary alicyclic amines) is 1. The van der Waals surface area contributed by atoms with Crippen LogP contribution < -0.4 is 5.32 Å². The first kappa shape index (κ1) is 21.7. The van der Waals surface area contributed by atoms with E-state index in [1.807, 2.05) is 6.92 Å². The fourth-order valence-electron chi connectivity index (χ4n) is 4.51. The van der Waals surface area contributed by atoms with Gasteiger partial charge in [0.25, 0.3) is 0 Å². The van der Waals surface area contributed by atoms with Crippen molar-refractivity contribution in [2.75, 3.05) is 6.61 Å². The zero-order chi connectivity index (χ0) is 20.0. The van der Waals surface area contributed by atoms with Gasteiger partial charge in [-0.15, -0.1) is 0 Å². The number of aliphatic carboxylic acids is 1. The number of ether oxygens (including phenoxy) is 1. The lowest BCUT2D eigenvalue weighted by Crippen LogP contribution is -2.55. The summed E-state index contributed by atoms with van der Waals surface area (Å²) in [5.41, 5.74) is 0. The average molecular weight is 383 g/mol. The zero-order valence-corrected chi connectivity index (χ0v) is 16.8. The Hall–Kier alpha value is -1.63. The summed E-state index contributed by atoms with van der Waals surface area (Å²) in [4.78, 5) is 38.7. The summed E-state index contributed by atoms with van der Waals surface area (Å²) in [6.45, 7) is 5.81. The maximum absolute atomic E-state index is 13.2. The number of carbonyl (C=O) groups excluding carboxylic acids is 2. The molecule has 2 N–H and O–H groups in total. The predicted molar refractivity (Wildman–Crippen MR) is 101 cm³/mol. The van der Waals surface area contributed by atoms with Gasteiger partial charge in [-0.3, -0.25) is 14.9 Å². The molecule has 1 amide bonds. The quantitative estimate of drug-likeness (QED) is 0.594. The molecule has 0 spiro atoms. The largest absolute Gasteiger partial charge is 0.480 e. The fourth-order valence-corrected chi connectivity index (χ4v) is 4.51. The molecule has 2 fully saturated rings. The number of carbonyl (C=O) groups is 3. The summed E-state index contributed by atoms with van der Waals surface area (Å²) < 4.78 is 5.13. The van der Waals surface area contributed by atoms with Crippen molar-refractivity contribution in [2.45, 2.75) is 96.3 Å². The number of hydrogen-bond acceptors (Lipinski definition) is 5. The second-order valence-electron chi connectivity index (χ2n) is 7.78. The van der Waals surface area contributed by atoms with Gasteiger partial charge >= 0.3 is 11.9 Å². The molecule has 1 aliphatic carbocycles. The van der Waals surface area contributed by atoms with Gasteiger partial charge in [0.1, 0.15) is 12.1 Å². The number of carboxylic acids is 1. The molecule has 1 saturated heterocycles. The molecule has 0 aromatic carbocycles. The van der Waals surface area contributed by atoms with E-state index in [-0.39, 0.29) is 23.8 Å². The van der Waals surface area contributed by atoms with Crippen molar-refractivity contribution in [3.63, 3.8) is 0 Å². The van der Waals surface area contributed by atoms with Gasteiger partial charge in [0.05, 0.1) is 12.6 Å². The van der Waals surface area contributed by atoms with Gasteiger partial charge in [0, 0.05) is 6.04 Å². The second-order valence-corrected chi connectivity index (χ2v) is 7.78. The lowest BCUT2D eigenvalue weighted by Gasteiger charge is -2.35. The number of fused-ring (bicyclic) bond motifs is 1. The summed E-state index contributed by atoms with van der Waals surface area (Å²) in [6.07, 6.45) is 6.91. The molecule has 0 radical (unpaired) electrons. The van der Waals surface area contributed by atoms with Gasteiger partial charge in [-0.2, -0.15) is 0 Å². The molecule has 154 valence electrons. The lowest BCUT2D eigenvalue weighted by atomic mass is 9.84. The molecule has 7 nitrogen and oxygen atoms in total. The molecule has 2 rings (SSSR count). The predicted octanol–water partition coefficient (Wildman–Crippen LogP) is 2.33. The molecule has 1 aliphatic heterocycles. The molecular formula is C20H34N2O5. The lowest BCUT2D eigenvalue weighted by molar-refractivity contribution is -0.152. The second kappa shape index (κ2) is 10.1. The molecule has 1 saturated carbocycles. The third kappa shape index (κ3) is 5.21. The van der Waals surface area contributed by atoms with Crippen LogP contribution in [0.25, 0.3) is 0 Å². The van der Waals surface area contributed by atoms with Crippen LogP contribution in [0.1, 0.15) is 72.1 Å². The number of esters is 1. The van der Waals surface area contributed by atoms with Gasteiger partial charge in [-0.1, -0.05) is 32.6 Å². The maximum atomic E-state index is 13.2. The van der Waals surface area contributed by atoms with Crippen LogP contribution in [0.15, 0.2) is 0 Å². The van der Waals surface area contributed by atoms with Gasteiger partial charge in [0.2, 0.25) is 5.91 Å². The standard InChI is InChI=1S/C20H34N2O5/c1-4-6-10-15(20(26)27-5-2)21-13(3)18(23)22-16-11-8-7-9-14(16)12-17(22)19(24)25/h13-17,21H,4-12H2,1-3H3,(H,24,25)/t13-,14?,15-,16?,17-/m0/s1. The highest BCUT2D eigenvalue weighted by molar-refractivity contribution is 5.88. The Morgan fingerprint density at radius 1 is 1.22 bits per heavy atom. The van der Waals surface area contributed by atoms with Gasteiger partial charge in [-0.25, -0.2) is 4.79 Å². The minimum Gasteiger partial charge on any atom is -0.480 e. The SMILES string of the molecule is CCCC[C@H](N[C@@H](C)C(=O)N1C2CCCCC2C[C@H]1C(=O)O)C(=O)OCC. The minimum absolute atomic E-state index is 0.00767. The van der Waals surface area contributed by atoms with E-state index in [0.717, 1.165) is 38.5 Å². The van der Waals surface area contributed by atoms with E-state index < -0.39 is 24.1 Å². The molecule has 2 unspecified atom stereocenters. The number of nitrogens with zero attached hydrogens (tertiary/aromatic N) is 1. The van der Waals surface area contributed by atoms with E-state index in [2.05, 4.69) is 5.32 Å². The summed E-state index contributed by atoms with van der Waals surface area (Å²) in [6, 6.07) is -1.92. The molecule has 0 aromatic rings. The molecular weight excluding hydrogens is 348 g/mol. The third-order valence-electron chi connectivity index (χ3n) is 5.87. The zero-order valence-electron chi connectivity index (χ0n) is 16.8. The summed E-state index contributed by atoms with van der Waals surface area (Å²) in [5.74, 6) is -1.23. The van der Waals surface area contributed by atoms with Crippen LogP contribution in [0, 0.1) is 5.92 Å². The number of hydrogen-bond donors (Lipinski definition) is 2. The van der Waals surface area contributed by atoms with Crippen LogP contribution in [0.2, 0.25) is 0 Å². The summed E-state index contributed by atoms with van der Waals surface area (Å²) >= 11 is 0. The van der Waals surface area contributed by atoms with Gasteiger partial charge < -0.3 is 14.7 Å². The Morgan fingerprint density at radius 2 is 1.93 bits per heavy atom. The Balaban J connectivity index is 2.10. The number of carboxylic acid groups (broad SMARTS) is 1. The third-order valence-corrected chi connectivity index (χ3v) is 5.87. The van der Waals surface area contributed by atoms with Crippen molar-refractivity contribution < 1.29 is 24.2 Å². The first-order valence-electron chi connectivity index (χ1n) is 10.4. The molecule has 1 heterocycles. The number of unbranched alkanes of at least 4 members (excludes halogenated alkanes) is 1. The number of rotatable bonds is 9. The summed E-state index contributed by atoms with van der Waals surface area (Å²) in [5, 5.41) is 12.7. The van der Waals surface area contributed by atoms with Crippen LogP contribution >= 0.6 is 0 Å². The first-order valence-corrected chi connectivity index (χ1v) is 10.4. The van der Waals surface area contributed by atoms with Crippen molar-refractivity contribution in [1.82, 2.24) is 10.2 Å². The molecule has 7 heteroatoms. The average Bonchev–Trinajstić information content (AvgIpc) is 3.04. The van der Waals surface area contributed by atoms with Crippen molar-refractivity contribution in [3.05, 3.63) is 0 Å². The van der Waals surface area contributed by atoms with Crippen molar-refractivity contribution >= 4 is 17.8 Å². The van der Waals surface area contributed by atoms with E-state index >= 15 is 0 Å². The van der Waals surface area contributed by atoms with E-state index in [9.17, 15) is 19.5 Å².